The Balaban J connectivity index is 2.12. The summed E-state index contributed by atoms with van der Waals surface area (Å²) in [6.45, 7) is 0.184. The molecule has 1 aromatic heterocycles. The van der Waals surface area contributed by atoms with Crippen molar-refractivity contribution in [2.24, 2.45) is 5.73 Å². The number of imidazole rings is 1. The molecule has 112 valence electrons. The molecule has 8 heteroatoms. The number of hydrogen-bond donors (Lipinski definition) is 2. The highest BCUT2D eigenvalue weighted by Crippen LogP contribution is 1.98. The van der Waals surface area contributed by atoms with Crippen molar-refractivity contribution in [2.75, 3.05) is 33.9 Å². The summed E-state index contributed by atoms with van der Waals surface area (Å²) in [6, 6.07) is -0.751. The number of aromatic nitrogens is 2. The van der Waals surface area contributed by atoms with Gasteiger partial charge in [-0.3, -0.25) is 9.59 Å². The monoisotopic (exact) mass is 284 g/mol. The number of aromatic amines is 1. The Labute approximate surface area is 117 Å². The summed E-state index contributed by atoms with van der Waals surface area (Å²) in [5.41, 5.74) is 6.45. The lowest BCUT2D eigenvalue weighted by Crippen LogP contribution is -2.35. The number of ether oxygens (including phenoxy) is 2. The van der Waals surface area contributed by atoms with Gasteiger partial charge in [0.15, 0.2) is 0 Å². The van der Waals surface area contributed by atoms with Gasteiger partial charge in [-0.05, 0) is 0 Å². The van der Waals surface area contributed by atoms with Gasteiger partial charge in [0.25, 0.3) is 0 Å². The molecule has 1 amide bonds. The van der Waals surface area contributed by atoms with Gasteiger partial charge in [-0.2, -0.15) is 0 Å². The molecule has 1 atom stereocenters. The van der Waals surface area contributed by atoms with Crippen LogP contribution in [0.4, 0.5) is 0 Å². The molecule has 1 heterocycles. The van der Waals surface area contributed by atoms with Crippen molar-refractivity contribution < 1.29 is 19.1 Å². The third kappa shape index (κ3) is 5.81. The zero-order valence-corrected chi connectivity index (χ0v) is 11.7. The van der Waals surface area contributed by atoms with E-state index < -0.39 is 12.0 Å². The summed E-state index contributed by atoms with van der Waals surface area (Å²) >= 11 is 0. The van der Waals surface area contributed by atoms with Gasteiger partial charge in [0.05, 0.1) is 12.9 Å². The van der Waals surface area contributed by atoms with Gasteiger partial charge in [-0.15, -0.1) is 0 Å². The Morgan fingerprint density at radius 2 is 2.20 bits per heavy atom. The third-order valence-electron chi connectivity index (χ3n) is 2.49. The van der Waals surface area contributed by atoms with E-state index in [1.807, 2.05) is 0 Å². The van der Waals surface area contributed by atoms with E-state index >= 15 is 0 Å². The van der Waals surface area contributed by atoms with Crippen LogP contribution in [0.25, 0.3) is 0 Å². The standard InChI is InChI=1S/C12H20N4O4/c1-16(2)11(17)7-19-3-4-20-12(18)10(13)5-9-6-14-8-15-9/h6,8,10H,3-5,7,13H2,1-2H3,(H,14,15). The molecule has 0 saturated heterocycles. The molecule has 0 spiro atoms. The average molecular weight is 284 g/mol. The zero-order valence-electron chi connectivity index (χ0n) is 11.7. The molecule has 3 N–H and O–H groups in total. The van der Waals surface area contributed by atoms with Crippen molar-refractivity contribution >= 4 is 11.9 Å². The van der Waals surface area contributed by atoms with Crippen molar-refractivity contribution in [2.45, 2.75) is 12.5 Å². The molecule has 0 aliphatic rings. The zero-order chi connectivity index (χ0) is 15.0. The molecule has 1 aromatic rings. The summed E-state index contributed by atoms with van der Waals surface area (Å²) in [4.78, 5) is 30.9. The lowest BCUT2D eigenvalue weighted by molar-refractivity contribution is -0.147. The predicted octanol–water partition coefficient (Wildman–Crippen LogP) is -1.07. The second-order valence-corrected chi connectivity index (χ2v) is 4.40. The van der Waals surface area contributed by atoms with Crippen LogP contribution < -0.4 is 5.73 Å². The van der Waals surface area contributed by atoms with Crippen LogP contribution in [0, 0.1) is 0 Å². The Morgan fingerprint density at radius 1 is 1.45 bits per heavy atom. The maximum absolute atomic E-state index is 11.6. The summed E-state index contributed by atoms with van der Waals surface area (Å²) < 4.78 is 10.0. The van der Waals surface area contributed by atoms with E-state index in [2.05, 4.69) is 9.97 Å². The maximum Gasteiger partial charge on any atom is 0.323 e. The number of amides is 1. The van der Waals surface area contributed by atoms with Gasteiger partial charge in [0, 0.05) is 32.4 Å². The number of nitrogens with two attached hydrogens (primary N) is 1. The van der Waals surface area contributed by atoms with E-state index in [1.54, 1.807) is 20.3 Å². The molecule has 0 saturated carbocycles. The van der Waals surface area contributed by atoms with E-state index in [0.29, 0.717) is 6.42 Å². The van der Waals surface area contributed by atoms with Crippen molar-refractivity contribution in [3.8, 4) is 0 Å². The molecule has 0 aromatic carbocycles. The van der Waals surface area contributed by atoms with Crippen molar-refractivity contribution in [3.63, 3.8) is 0 Å². The highest BCUT2D eigenvalue weighted by molar-refractivity contribution is 5.76. The van der Waals surface area contributed by atoms with Gasteiger partial charge in [-0.1, -0.05) is 0 Å². The minimum atomic E-state index is -0.751. The van der Waals surface area contributed by atoms with Crippen LogP contribution >= 0.6 is 0 Å². The van der Waals surface area contributed by atoms with Crippen LogP contribution in [0.5, 0.6) is 0 Å². The summed E-state index contributed by atoms with van der Waals surface area (Å²) in [6.07, 6.45) is 3.45. The minimum Gasteiger partial charge on any atom is -0.462 e. The first-order valence-corrected chi connectivity index (χ1v) is 6.18. The second kappa shape index (κ2) is 8.28. The molecule has 0 fully saturated rings. The number of hydrogen-bond acceptors (Lipinski definition) is 6. The minimum absolute atomic E-state index is 0.0370. The molecule has 0 radical (unpaired) electrons. The summed E-state index contributed by atoms with van der Waals surface area (Å²) in [5.74, 6) is -0.658. The van der Waals surface area contributed by atoms with Crippen LogP contribution in [0.1, 0.15) is 5.69 Å². The van der Waals surface area contributed by atoms with Crippen LogP contribution in [0.2, 0.25) is 0 Å². The van der Waals surface area contributed by atoms with Crippen molar-refractivity contribution in [1.29, 1.82) is 0 Å². The van der Waals surface area contributed by atoms with Crippen LogP contribution in [0.3, 0.4) is 0 Å². The van der Waals surface area contributed by atoms with Gasteiger partial charge in [0.2, 0.25) is 5.91 Å². The first kappa shape index (κ1) is 16.1. The highest BCUT2D eigenvalue weighted by atomic mass is 16.6. The number of carbonyl (C=O) groups excluding carboxylic acids is 2. The molecule has 0 aliphatic carbocycles. The molecule has 1 rings (SSSR count). The van der Waals surface area contributed by atoms with Gasteiger partial charge < -0.3 is 25.1 Å². The molecule has 20 heavy (non-hydrogen) atoms. The number of nitrogens with zero attached hydrogens (tertiary/aromatic N) is 2. The number of esters is 1. The quantitative estimate of drug-likeness (QED) is 0.464. The Kier molecular flexibility index (Phi) is 6.68. The number of likely N-dealkylation sites (N-methyl/N-ethyl adjacent to an activating group) is 1. The fourth-order valence-electron chi connectivity index (χ4n) is 1.31. The fraction of sp³-hybridized carbons (Fsp3) is 0.583. The van der Waals surface area contributed by atoms with Crippen LogP contribution in [-0.2, 0) is 25.5 Å². The number of rotatable bonds is 8. The normalized spacial score (nSPS) is 11.9. The predicted molar refractivity (Wildman–Crippen MR) is 70.7 cm³/mol. The first-order chi connectivity index (χ1) is 9.50. The number of nitrogens with one attached hydrogen (secondary N) is 1. The number of H-pyrrole nitrogens is 1. The molecular weight excluding hydrogens is 264 g/mol. The summed E-state index contributed by atoms with van der Waals surface area (Å²) in [7, 11) is 3.28. The lowest BCUT2D eigenvalue weighted by atomic mass is 10.2. The van der Waals surface area contributed by atoms with Crippen LogP contribution in [0.15, 0.2) is 12.5 Å². The van der Waals surface area contributed by atoms with E-state index in [0.717, 1.165) is 5.69 Å². The van der Waals surface area contributed by atoms with Gasteiger partial charge in [-0.25, -0.2) is 4.98 Å². The largest absolute Gasteiger partial charge is 0.462 e. The Hall–Kier alpha value is -1.93. The average Bonchev–Trinajstić information content (AvgIpc) is 2.90. The first-order valence-electron chi connectivity index (χ1n) is 6.18. The second-order valence-electron chi connectivity index (χ2n) is 4.40. The Bertz CT molecular complexity index is 419. The van der Waals surface area contributed by atoms with E-state index in [-0.39, 0.29) is 25.7 Å². The van der Waals surface area contributed by atoms with E-state index in [1.165, 1.54) is 11.2 Å². The summed E-state index contributed by atoms with van der Waals surface area (Å²) in [5, 5.41) is 0. The smallest absolute Gasteiger partial charge is 0.323 e. The molecular formula is C12H20N4O4. The van der Waals surface area contributed by atoms with E-state index in [9.17, 15) is 9.59 Å². The van der Waals surface area contributed by atoms with Gasteiger partial charge >= 0.3 is 5.97 Å². The maximum atomic E-state index is 11.6. The molecule has 1 unspecified atom stereocenters. The molecule has 8 nitrogen and oxygen atoms in total. The lowest BCUT2D eigenvalue weighted by Gasteiger charge is -2.12. The molecule has 0 aliphatic heterocycles. The highest BCUT2D eigenvalue weighted by Gasteiger charge is 2.16. The van der Waals surface area contributed by atoms with Crippen LogP contribution in [-0.4, -0.2) is 66.7 Å². The van der Waals surface area contributed by atoms with Crippen molar-refractivity contribution in [3.05, 3.63) is 18.2 Å². The fourth-order valence-corrected chi connectivity index (χ4v) is 1.31. The topological polar surface area (TPSA) is 111 Å². The molecule has 0 bridgehead atoms. The van der Waals surface area contributed by atoms with Gasteiger partial charge in [0.1, 0.15) is 19.3 Å². The third-order valence-corrected chi connectivity index (χ3v) is 2.49. The van der Waals surface area contributed by atoms with Crippen molar-refractivity contribution in [1.82, 2.24) is 14.9 Å². The number of carbonyl (C=O) groups is 2. The Morgan fingerprint density at radius 3 is 2.80 bits per heavy atom. The SMILES string of the molecule is CN(C)C(=O)COCCOC(=O)C(N)Cc1cnc[nH]1. The van der Waals surface area contributed by atoms with E-state index in [4.69, 9.17) is 15.2 Å².